The second-order valence-corrected chi connectivity index (χ2v) is 6.56. The summed E-state index contributed by atoms with van der Waals surface area (Å²) in [4.78, 5) is 23.4. The lowest BCUT2D eigenvalue weighted by Gasteiger charge is -2.20. The van der Waals surface area contributed by atoms with Gasteiger partial charge in [-0.25, -0.2) is 4.39 Å². The maximum Gasteiger partial charge on any atom is 0.239 e. The Balaban J connectivity index is 1.78. The lowest BCUT2D eigenvalue weighted by Crippen LogP contribution is -2.45. The summed E-state index contributed by atoms with van der Waals surface area (Å²) >= 11 is 9.38. The molecule has 4 N–H and O–H groups in total. The fourth-order valence-electron chi connectivity index (χ4n) is 2.17. The molecular formula is C18H19FN4O2S2. The van der Waals surface area contributed by atoms with E-state index in [1.54, 1.807) is 6.07 Å². The predicted octanol–water partition coefficient (Wildman–Crippen LogP) is 2.72. The summed E-state index contributed by atoms with van der Waals surface area (Å²) in [5.74, 6) is -1.50. The Morgan fingerprint density at radius 2 is 1.81 bits per heavy atom. The molecule has 1 amide bonds. The number of amides is 1. The average molecular weight is 407 g/mol. The summed E-state index contributed by atoms with van der Waals surface area (Å²) in [5.41, 5.74) is 6.13. The summed E-state index contributed by atoms with van der Waals surface area (Å²) in [6.07, 6.45) is 0.587. The van der Waals surface area contributed by atoms with Gasteiger partial charge in [-0.3, -0.25) is 15.6 Å². The van der Waals surface area contributed by atoms with Gasteiger partial charge in [0.1, 0.15) is 12.1 Å². The smallest absolute Gasteiger partial charge is 0.239 e. The largest absolute Gasteiger partial charge is 0.373 e. The highest BCUT2D eigenvalue weighted by Gasteiger charge is 2.21. The van der Waals surface area contributed by atoms with Gasteiger partial charge >= 0.3 is 0 Å². The van der Waals surface area contributed by atoms with Crippen LogP contribution in [0.15, 0.2) is 54.6 Å². The fourth-order valence-corrected chi connectivity index (χ4v) is 2.66. The van der Waals surface area contributed by atoms with E-state index in [-0.39, 0.29) is 11.5 Å². The third kappa shape index (κ3) is 7.24. The first-order valence-corrected chi connectivity index (χ1v) is 8.96. The number of nitrogens with one attached hydrogen (secondary N) is 4. The van der Waals surface area contributed by atoms with Crippen molar-refractivity contribution in [3.8, 4) is 0 Å². The van der Waals surface area contributed by atoms with E-state index >= 15 is 0 Å². The van der Waals surface area contributed by atoms with Gasteiger partial charge in [-0.05, 0) is 42.5 Å². The SMILES string of the molecule is O=CC(CC(=O)NNC(=S)Nc1cccc(F)c1)C(S)Nc1ccccc1. The van der Waals surface area contributed by atoms with Gasteiger partial charge in [-0.1, -0.05) is 24.3 Å². The van der Waals surface area contributed by atoms with E-state index < -0.39 is 23.0 Å². The van der Waals surface area contributed by atoms with Gasteiger partial charge in [0.15, 0.2) is 5.11 Å². The van der Waals surface area contributed by atoms with Crippen molar-refractivity contribution in [3.05, 3.63) is 60.4 Å². The van der Waals surface area contributed by atoms with Gasteiger partial charge in [-0.15, -0.1) is 0 Å². The molecule has 27 heavy (non-hydrogen) atoms. The van der Waals surface area contributed by atoms with Crippen LogP contribution < -0.4 is 21.5 Å². The number of hydrogen-bond acceptors (Lipinski definition) is 5. The number of thiocarbonyl (C=S) groups is 1. The lowest BCUT2D eigenvalue weighted by atomic mass is 10.1. The van der Waals surface area contributed by atoms with Crippen LogP contribution in [0.2, 0.25) is 0 Å². The maximum absolute atomic E-state index is 13.1. The number of hydrogen-bond donors (Lipinski definition) is 5. The highest BCUT2D eigenvalue weighted by atomic mass is 32.1. The van der Waals surface area contributed by atoms with Crippen LogP contribution in [-0.2, 0) is 9.59 Å². The quantitative estimate of drug-likeness (QED) is 0.160. The number of thiol groups is 1. The number of benzene rings is 2. The summed E-state index contributed by atoms with van der Waals surface area (Å²) in [6, 6.07) is 15.0. The number of para-hydroxylation sites is 1. The highest BCUT2D eigenvalue weighted by molar-refractivity contribution is 7.81. The molecule has 0 saturated heterocycles. The molecule has 0 heterocycles. The van der Waals surface area contributed by atoms with Crippen LogP contribution >= 0.6 is 24.8 Å². The molecule has 2 rings (SSSR count). The summed E-state index contributed by atoms with van der Waals surface area (Å²) in [6.45, 7) is 0. The zero-order valence-corrected chi connectivity index (χ0v) is 15.9. The van der Waals surface area contributed by atoms with Gasteiger partial charge in [0.2, 0.25) is 5.91 Å². The van der Waals surface area contributed by atoms with Gasteiger partial charge < -0.3 is 15.4 Å². The van der Waals surface area contributed by atoms with Gasteiger partial charge in [0.05, 0.1) is 11.3 Å². The lowest BCUT2D eigenvalue weighted by molar-refractivity contribution is -0.124. The Bertz CT molecular complexity index is 792. The standard InChI is InChI=1S/C18H19FN4O2S2/c19-13-5-4-8-15(10-13)21-18(27)23-22-16(25)9-12(11-24)17(26)20-14-6-2-1-3-7-14/h1-8,10-12,17,20,26H,9H2,(H,22,25)(H2,21,23,27). The molecule has 0 bridgehead atoms. The number of anilines is 2. The molecule has 9 heteroatoms. The van der Waals surface area contributed by atoms with E-state index in [9.17, 15) is 14.0 Å². The van der Waals surface area contributed by atoms with Gasteiger partial charge in [0, 0.05) is 17.8 Å². The molecule has 0 spiro atoms. The van der Waals surface area contributed by atoms with Crippen molar-refractivity contribution >= 4 is 53.5 Å². The summed E-state index contributed by atoms with van der Waals surface area (Å²) in [5, 5.41) is 5.34. The number of hydrazine groups is 1. The topological polar surface area (TPSA) is 82.3 Å². The molecule has 2 aromatic carbocycles. The fraction of sp³-hybridized carbons (Fsp3) is 0.167. The number of carbonyl (C=O) groups excluding carboxylic acids is 2. The molecule has 0 aromatic heterocycles. The van der Waals surface area contributed by atoms with Crippen LogP contribution in [0.4, 0.5) is 15.8 Å². The number of carbonyl (C=O) groups is 2. The average Bonchev–Trinajstić information content (AvgIpc) is 2.65. The molecular weight excluding hydrogens is 387 g/mol. The molecule has 0 saturated carbocycles. The monoisotopic (exact) mass is 406 g/mol. The van der Waals surface area contributed by atoms with Crippen molar-refractivity contribution in [1.82, 2.24) is 10.9 Å². The van der Waals surface area contributed by atoms with Crippen LogP contribution in [0.25, 0.3) is 0 Å². The van der Waals surface area contributed by atoms with Crippen LogP contribution in [0.5, 0.6) is 0 Å². The third-order valence-electron chi connectivity index (χ3n) is 3.49. The minimum absolute atomic E-state index is 0.0847. The minimum Gasteiger partial charge on any atom is -0.373 e. The van der Waals surface area contributed by atoms with Crippen LogP contribution in [-0.4, -0.2) is 22.7 Å². The van der Waals surface area contributed by atoms with E-state index in [0.29, 0.717) is 12.0 Å². The third-order valence-corrected chi connectivity index (χ3v) is 4.20. The summed E-state index contributed by atoms with van der Waals surface area (Å²) < 4.78 is 13.1. The van der Waals surface area contributed by atoms with E-state index in [4.69, 9.17) is 12.2 Å². The van der Waals surface area contributed by atoms with Crippen LogP contribution in [0, 0.1) is 11.7 Å². The highest BCUT2D eigenvalue weighted by Crippen LogP contribution is 2.16. The van der Waals surface area contributed by atoms with Crippen LogP contribution in [0.1, 0.15) is 6.42 Å². The second kappa shape index (κ2) is 10.5. The minimum atomic E-state index is -0.653. The van der Waals surface area contributed by atoms with E-state index in [1.165, 1.54) is 18.2 Å². The van der Waals surface area contributed by atoms with E-state index in [0.717, 1.165) is 5.69 Å². The number of halogens is 1. The first kappa shape index (κ1) is 20.7. The molecule has 2 aromatic rings. The predicted molar refractivity (Wildman–Crippen MR) is 111 cm³/mol. The van der Waals surface area contributed by atoms with E-state index in [1.807, 2.05) is 30.3 Å². The van der Waals surface area contributed by atoms with Gasteiger partial charge in [-0.2, -0.15) is 12.6 Å². The van der Waals surface area contributed by atoms with Crippen molar-refractivity contribution in [2.45, 2.75) is 11.8 Å². The Morgan fingerprint density at radius 1 is 1.11 bits per heavy atom. The van der Waals surface area contributed by atoms with Crippen molar-refractivity contribution < 1.29 is 14.0 Å². The van der Waals surface area contributed by atoms with Crippen LogP contribution in [0.3, 0.4) is 0 Å². The Morgan fingerprint density at radius 3 is 2.48 bits per heavy atom. The maximum atomic E-state index is 13.1. The number of rotatable bonds is 7. The Labute approximate surface area is 167 Å². The normalized spacial score (nSPS) is 12.4. The molecule has 0 fully saturated rings. The zero-order valence-electron chi connectivity index (χ0n) is 14.2. The molecule has 0 aliphatic heterocycles. The second-order valence-electron chi connectivity index (χ2n) is 5.60. The first-order chi connectivity index (χ1) is 13.0. The van der Waals surface area contributed by atoms with E-state index in [2.05, 4.69) is 34.1 Å². The number of aldehydes is 1. The van der Waals surface area contributed by atoms with Crippen molar-refractivity contribution in [2.75, 3.05) is 10.6 Å². The first-order valence-electron chi connectivity index (χ1n) is 8.04. The van der Waals surface area contributed by atoms with Crippen molar-refractivity contribution in [3.63, 3.8) is 0 Å². The zero-order chi connectivity index (χ0) is 19.6. The molecule has 0 radical (unpaired) electrons. The molecule has 6 nitrogen and oxygen atoms in total. The summed E-state index contributed by atoms with van der Waals surface area (Å²) in [7, 11) is 0. The molecule has 0 aliphatic rings. The molecule has 2 unspecified atom stereocenters. The van der Waals surface area contributed by atoms with Crippen molar-refractivity contribution in [1.29, 1.82) is 0 Å². The Hall–Kier alpha value is -2.65. The van der Waals surface area contributed by atoms with Gasteiger partial charge in [0.25, 0.3) is 0 Å². The van der Waals surface area contributed by atoms with Crippen molar-refractivity contribution in [2.24, 2.45) is 5.92 Å². The molecule has 2 atom stereocenters. The molecule has 0 aliphatic carbocycles. The Kier molecular flexibility index (Phi) is 8.02. The molecule has 142 valence electrons.